The number of likely N-dealkylation sites (N-methyl/N-ethyl adjacent to an activating group) is 2. The number of ether oxygens (including phenoxy) is 5. The minimum absolute atomic E-state index is 0.00956. The lowest BCUT2D eigenvalue weighted by molar-refractivity contribution is -0.130. The molecule has 4 aromatic rings. The first-order valence-corrected chi connectivity index (χ1v) is 19.1. The van der Waals surface area contributed by atoms with Crippen LogP contribution in [0.15, 0.2) is 66.9 Å². The van der Waals surface area contributed by atoms with Crippen LogP contribution >= 0.6 is 0 Å². The molecule has 300 valence electrons. The third-order valence-electron chi connectivity index (χ3n) is 9.93. The summed E-state index contributed by atoms with van der Waals surface area (Å²) in [5.74, 6) is 2.84. The van der Waals surface area contributed by atoms with Gasteiger partial charge in [0.15, 0.2) is 11.5 Å². The van der Waals surface area contributed by atoms with E-state index < -0.39 is 6.09 Å². The molecule has 0 bridgehead atoms. The molecule has 1 N–H and O–H groups in total. The molecule has 1 saturated heterocycles. The number of carbonyl (C=O) groups excluding carboxylic acids is 2. The van der Waals surface area contributed by atoms with Crippen LogP contribution in [0, 0.1) is 13.8 Å². The van der Waals surface area contributed by atoms with E-state index in [9.17, 15) is 9.59 Å². The highest BCUT2D eigenvalue weighted by Crippen LogP contribution is 2.42. The van der Waals surface area contributed by atoms with Gasteiger partial charge in [-0.1, -0.05) is 24.3 Å². The number of para-hydroxylation sites is 1. The van der Waals surface area contributed by atoms with Gasteiger partial charge in [0.2, 0.25) is 11.7 Å². The number of amides is 2. The van der Waals surface area contributed by atoms with Gasteiger partial charge in [0, 0.05) is 75.9 Å². The van der Waals surface area contributed by atoms with Gasteiger partial charge in [-0.2, -0.15) is 0 Å². The van der Waals surface area contributed by atoms with E-state index in [1.165, 1.54) is 12.0 Å². The van der Waals surface area contributed by atoms with Gasteiger partial charge in [-0.3, -0.25) is 4.79 Å². The smallest absolute Gasteiger partial charge is 0.424 e. The van der Waals surface area contributed by atoms with Crippen LogP contribution < -0.4 is 33.9 Å². The summed E-state index contributed by atoms with van der Waals surface area (Å²) in [6.45, 7) is 14.6. The highest BCUT2D eigenvalue weighted by Gasteiger charge is 2.26. The van der Waals surface area contributed by atoms with E-state index in [-0.39, 0.29) is 12.3 Å². The third kappa shape index (κ3) is 10.4. The van der Waals surface area contributed by atoms with Gasteiger partial charge in [-0.15, -0.1) is 0 Å². The fraction of sp³-hybridized carbons (Fsp3) is 0.419. The Balaban J connectivity index is 1.44. The lowest BCUT2D eigenvalue weighted by atomic mass is 10.1. The summed E-state index contributed by atoms with van der Waals surface area (Å²) in [7, 11) is 6.85. The minimum Gasteiger partial charge on any atom is -0.495 e. The molecule has 1 aliphatic heterocycles. The zero-order valence-electron chi connectivity index (χ0n) is 34.0. The number of hydrogen-bond donors (Lipinski definition) is 1. The molecule has 2 amide bonds. The summed E-state index contributed by atoms with van der Waals surface area (Å²) in [5.41, 5.74) is 3.93. The molecule has 1 aliphatic rings. The first kappa shape index (κ1) is 41.6. The number of nitrogens with one attached hydrogen (secondary N) is 1. The van der Waals surface area contributed by atoms with Crippen molar-refractivity contribution in [3.63, 3.8) is 0 Å². The number of pyridine rings is 1. The van der Waals surface area contributed by atoms with Crippen molar-refractivity contribution in [2.24, 2.45) is 0 Å². The maximum Gasteiger partial charge on any atom is 0.424 e. The van der Waals surface area contributed by atoms with Gasteiger partial charge in [0.25, 0.3) is 0 Å². The highest BCUT2D eigenvalue weighted by molar-refractivity contribution is 5.99. The number of hydrogen-bond acceptors (Lipinski definition) is 11. The lowest BCUT2D eigenvalue weighted by Gasteiger charge is -2.32. The van der Waals surface area contributed by atoms with Crippen LogP contribution in [0.4, 0.5) is 27.7 Å². The number of methoxy groups -OCH3 is 3. The quantitative estimate of drug-likeness (QED) is 0.110. The molecular formula is C43H56N6O7. The first-order valence-electron chi connectivity index (χ1n) is 19.1. The van der Waals surface area contributed by atoms with Crippen molar-refractivity contribution in [1.29, 1.82) is 0 Å². The number of carbonyl (C=O) groups is 2. The summed E-state index contributed by atoms with van der Waals surface area (Å²) >= 11 is 0. The molecule has 0 saturated carbocycles. The highest BCUT2D eigenvalue weighted by atomic mass is 16.6. The van der Waals surface area contributed by atoms with Gasteiger partial charge in [0.05, 0.1) is 45.7 Å². The van der Waals surface area contributed by atoms with E-state index in [0.717, 1.165) is 55.8 Å². The molecule has 0 spiro atoms. The molecule has 5 rings (SSSR count). The Kier molecular flexibility index (Phi) is 14.8. The van der Waals surface area contributed by atoms with Crippen molar-refractivity contribution in [3.05, 3.63) is 83.6 Å². The molecule has 0 aliphatic carbocycles. The average molecular weight is 769 g/mol. The van der Waals surface area contributed by atoms with Gasteiger partial charge in [-0.05, 0) is 76.1 Å². The van der Waals surface area contributed by atoms with Crippen LogP contribution in [-0.2, 0) is 11.2 Å². The van der Waals surface area contributed by atoms with E-state index in [1.807, 2.05) is 58.0 Å². The van der Waals surface area contributed by atoms with Crippen LogP contribution in [0.2, 0.25) is 0 Å². The summed E-state index contributed by atoms with van der Waals surface area (Å²) in [5, 5.41) is 3.36. The predicted octanol–water partition coefficient (Wildman–Crippen LogP) is 7.23. The van der Waals surface area contributed by atoms with Crippen molar-refractivity contribution in [2.45, 2.75) is 40.5 Å². The van der Waals surface area contributed by atoms with Crippen molar-refractivity contribution < 1.29 is 33.3 Å². The maximum atomic E-state index is 14.3. The lowest BCUT2D eigenvalue weighted by Crippen LogP contribution is -2.44. The number of aryl methyl sites for hydroxylation is 2. The summed E-state index contributed by atoms with van der Waals surface area (Å²) in [6.07, 6.45) is 2.02. The monoisotopic (exact) mass is 768 g/mol. The topological polar surface area (TPSA) is 118 Å². The van der Waals surface area contributed by atoms with E-state index >= 15 is 0 Å². The third-order valence-corrected chi connectivity index (χ3v) is 9.93. The Bertz CT molecular complexity index is 1920. The van der Waals surface area contributed by atoms with Crippen molar-refractivity contribution in [2.75, 3.05) is 91.0 Å². The SMILES string of the molecule is CCN(CC)C(=O)Cc1ccc(N(C(=O)Oc2c(C)cccc2C)c2ccnc(Nc3cc(OC)c(OC)c(OCCCN4CCN(C)CC4)c3)c2)c(OC)c1. The van der Waals surface area contributed by atoms with E-state index in [0.29, 0.717) is 71.3 Å². The van der Waals surface area contributed by atoms with Crippen LogP contribution in [0.3, 0.4) is 0 Å². The minimum atomic E-state index is -0.650. The molecule has 1 fully saturated rings. The second-order valence-electron chi connectivity index (χ2n) is 13.8. The molecule has 0 radical (unpaired) electrons. The summed E-state index contributed by atoms with van der Waals surface area (Å²) in [6, 6.07) is 18.2. The summed E-state index contributed by atoms with van der Waals surface area (Å²) in [4.78, 5) is 39.9. The van der Waals surface area contributed by atoms with Gasteiger partial charge in [-0.25, -0.2) is 14.7 Å². The average Bonchev–Trinajstić information content (AvgIpc) is 3.19. The molecule has 2 heterocycles. The Hall–Kier alpha value is -5.53. The molecule has 13 nitrogen and oxygen atoms in total. The van der Waals surface area contributed by atoms with Crippen molar-refractivity contribution in [3.8, 4) is 28.7 Å². The van der Waals surface area contributed by atoms with E-state index in [1.54, 1.807) is 55.6 Å². The number of aromatic nitrogens is 1. The predicted molar refractivity (Wildman–Crippen MR) is 220 cm³/mol. The molecule has 56 heavy (non-hydrogen) atoms. The zero-order valence-corrected chi connectivity index (χ0v) is 34.0. The maximum absolute atomic E-state index is 14.3. The van der Waals surface area contributed by atoms with Crippen LogP contribution in [0.25, 0.3) is 0 Å². The Morgan fingerprint density at radius 1 is 0.821 bits per heavy atom. The van der Waals surface area contributed by atoms with Crippen LogP contribution in [-0.4, -0.2) is 112 Å². The molecule has 13 heteroatoms. The Morgan fingerprint density at radius 3 is 2.18 bits per heavy atom. The zero-order chi connectivity index (χ0) is 40.2. The molecule has 0 atom stereocenters. The van der Waals surface area contributed by atoms with Crippen LogP contribution in [0.1, 0.15) is 37.0 Å². The fourth-order valence-electron chi connectivity index (χ4n) is 6.74. The van der Waals surface area contributed by atoms with Crippen molar-refractivity contribution >= 4 is 34.9 Å². The normalized spacial score (nSPS) is 13.1. The Morgan fingerprint density at radius 2 is 1.52 bits per heavy atom. The molecule has 1 aromatic heterocycles. The van der Waals surface area contributed by atoms with E-state index in [2.05, 4.69) is 27.1 Å². The second-order valence-corrected chi connectivity index (χ2v) is 13.8. The van der Waals surface area contributed by atoms with Gasteiger partial charge < -0.3 is 43.7 Å². The van der Waals surface area contributed by atoms with E-state index in [4.69, 9.17) is 23.7 Å². The largest absolute Gasteiger partial charge is 0.495 e. The van der Waals surface area contributed by atoms with Crippen LogP contribution in [0.5, 0.6) is 28.7 Å². The summed E-state index contributed by atoms with van der Waals surface area (Å²) < 4.78 is 29.6. The van der Waals surface area contributed by atoms with Gasteiger partial charge >= 0.3 is 6.09 Å². The van der Waals surface area contributed by atoms with Crippen molar-refractivity contribution in [1.82, 2.24) is 19.7 Å². The van der Waals surface area contributed by atoms with Gasteiger partial charge in [0.1, 0.15) is 17.3 Å². The molecule has 0 unspecified atom stereocenters. The number of piperazine rings is 1. The fourth-order valence-corrected chi connectivity index (χ4v) is 6.74. The number of anilines is 4. The molecular weight excluding hydrogens is 713 g/mol. The molecule has 3 aromatic carbocycles. The standard InChI is InChI=1S/C43H56N6O7/c1-9-48(10-2)40(50)26-32-15-16-35(36(25-32)52-6)49(43(51)56-41-30(3)13-11-14-31(41)4)34-17-18-44-39(29-34)45-33-27-37(53-7)42(54-8)38(28-33)55-24-12-19-47-22-20-46(5)21-23-47/h11,13-18,25,27-29H,9-10,12,19-24,26H2,1-8H3,(H,44,45). The second kappa shape index (κ2) is 19.9. The number of rotatable bonds is 17. The Labute approximate surface area is 331 Å². The first-order chi connectivity index (χ1) is 27.1. The number of nitrogens with zero attached hydrogens (tertiary/aromatic N) is 5. The number of benzene rings is 3.